The van der Waals surface area contributed by atoms with Crippen LogP contribution in [-0.2, 0) is 46.4 Å². The van der Waals surface area contributed by atoms with Gasteiger partial charge in [0.25, 0.3) is 0 Å². The van der Waals surface area contributed by atoms with Gasteiger partial charge in [-0.25, -0.2) is 4.79 Å². The molecule has 1 aliphatic rings. The number of fused-ring (bicyclic) bond motifs is 1. The summed E-state index contributed by atoms with van der Waals surface area (Å²) in [6, 6.07) is 5.93. The molecule has 11 N–H and O–H groups in total. The number of para-hydroxylation sites is 1. The summed E-state index contributed by atoms with van der Waals surface area (Å²) in [4.78, 5) is 93.0. The predicted octanol–water partition coefficient (Wildman–Crippen LogP) is -1.13. The number of amides is 5. The second-order valence-electron chi connectivity index (χ2n) is 12.0. The monoisotopic (exact) mass is 693 g/mol. The Morgan fingerprint density at radius 1 is 0.860 bits per heavy atom. The number of aromatic nitrogens is 1. The summed E-state index contributed by atoms with van der Waals surface area (Å²) in [7, 11) is 0. The van der Waals surface area contributed by atoms with Crippen molar-refractivity contribution < 1.29 is 48.9 Å². The average Bonchev–Trinajstić information content (AvgIpc) is 3.72. The Morgan fingerprint density at radius 2 is 1.54 bits per heavy atom. The molecule has 1 aromatic heterocycles. The number of hydrogen-bond acceptors (Lipinski definition) is 9. The maximum atomic E-state index is 13.6. The second kappa shape index (κ2) is 16.4. The lowest BCUT2D eigenvalue weighted by Gasteiger charge is -2.30. The van der Waals surface area contributed by atoms with Gasteiger partial charge in [0.2, 0.25) is 29.5 Å². The third kappa shape index (κ3) is 9.56. The number of phenols is 1. The van der Waals surface area contributed by atoms with Gasteiger partial charge >= 0.3 is 11.9 Å². The van der Waals surface area contributed by atoms with Crippen LogP contribution in [0.4, 0.5) is 0 Å². The van der Waals surface area contributed by atoms with Gasteiger partial charge in [-0.2, -0.15) is 0 Å². The van der Waals surface area contributed by atoms with Crippen LogP contribution in [0, 0.1) is 0 Å². The van der Waals surface area contributed by atoms with Crippen LogP contribution in [0.5, 0.6) is 5.75 Å². The normalized spacial score (nSPS) is 16.5. The molecule has 17 nitrogen and oxygen atoms in total. The molecule has 5 amide bonds. The molecule has 0 aliphatic carbocycles. The SMILES string of the molecule is NC(=O)C[C@H](NC(=O)[C@@H]1CCCN1C(=O)[C@H](CC(=O)O)NC(=O)[C@@H](N)Cc1c[nH]c2ccccc12)C(=O)N[C@@H](Cc1ccc(O)cc1)C(=O)O. The van der Waals surface area contributed by atoms with Crippen LogP contribution in [0.3, 0.4) is 0 Å². The summed E-state index contributed by atoms with van der Waals surface area (Å²) >= 11 is 0. The molecule has 2 aromatic carbocycles. The van der Waals surface area contributed by atoms with E-state index in [0.29, 0.717) is 12.0 Å². The highest BCUT2D eigenvalue weighted by Crippen LogP contribution is 2.21. The number of hydrogen-bond donors (Lipinski definition) is 9. The molecule has 3 aromatic rings. The number of H-pyrrole nitrogens is 1. The number of aromatic amines is 1. The molecule has 266 valence electrons. The van der Waals surface area contributed by atoms with Crippen molar-refractivity contribution in [2.45, 2.75) is 68.7 Å². The molecule has 2 heterocycles. The van der Waals surface area contributed by atoms with Gasteiger partial charge in [-0.15, -0.1) is 0 Å². The zero-order valence-electron chi connectivity index (χ0n) is 26.8. The quantitative estimate of drug-likeness (QED) is 0.0865. The van der Waals surface area contributed by atoms with E-state index in [1.54, 1.807) is 6.20 Å². The van der Waals surface area contributed by atoms with Crippen LogP contribution in [0.25, 0.3) is 10.9 Å². The molecule has 1 saturated heterocycles. The van der Waals surface area contributed by atoms with Crippen molar-refractivity contribution in [1.29, 1.82) is 0 Å². The van der Waals surface area contributed by atoms with Crippen molar-refractivity contribution in [3.63, 3.8) is 0 Å². The smallest absolute Gasteiger partial charge is 0.326 e. The van der Waals surface area contributed by atoms with E-state index in [9.17, 15) is 48.9 Å². The molecular weight excluding hydrogens is 654 g/mol. The zero-order valence-corrected chi connectivity index (χ0v) is 26.8. The molecule has 1 fully saturated rings. The van der Waals surface area contributed by atoms with Gasteiger partial charge in [-0.1, -0.05) is 30.3 Å². The number of carboxylic acids is 2. The molecule has 5 atom stereocenters. The number of aromatic hydroxyl groups is 1. The Balaban J connectivity index is 1.43. The number of nitrogens with one attached hydrogen (secondary N) is 4. The molecule has 17 heteroatoms. The summed E-state index contributed by atoms with van der Waals surface area (Å²) in [5.41, 5.74) is 13.5. The first kappa shape index (κ1) is 36.9. The number of aliphatic carboxylic acids is 2. The Morgan fingerprint density at radius 3 is 2.20 bits per heavy atom. The van der Waals surface area contributed by atoms with Crippen molar-refractivity contribution >= 4 is 52.4 Å². The molecule has 1 aliphatic heterocycles. The lowest BCUT2D eigenvalue weighted by molar-refractivity contribution is -0.146. The number of carbonyl (C=O) groups is 7. The number of nitrogens with zero attached hydrogens (tertiary/aromatic N) is 1. The minimum absolute atomic E-state index is 0.0186. The number of carboxylic acid groups (broad SMARTS) is 2. The summed E-state index contributed by atoms with van der Waals surface area (Å²) < 4.78 is 0. The number of phenolic OH excluding ortho intramolecular Hbond substituents is 1. The number of carbonyl (C=O) groups excluding carboxylic acids is 5. The first-order valence-electron chi connectivity index (χ1n) is 15.8. The molecule has 50 heavy (non-hydrogen) atoms. The fourth-order valence-electron chi connectivity index (χ4n) is 5.81. The van der Waals surface area contributed by atoms with Crippen LogP contribution in [0.15, 0.2) is 54.7 Å². The Kier molecular flexibility index (Phi) is 12.1. The van der Waals surface area contributed by atoms with Gasteiger partial charge in [0.05, 0.1) is 18.9 Å². The highest BCUT2D eigenvalue weighted by molar-refractivity contribution is 5.98. The molecular formula is C33H39N7O10. The van der Waals surface area contributed by atoms with E-state index in [2.05, 4.69) is 20.9 Å². The molecule has 0 unspecified atom stereocenters. The maximum absolute atomic E-state index is 13.6. The third-order valence-electron chi connectivity index (χ3n) is 8.31. The minimum atomic E-state index is -1.61. The van der Waals surface area contributed by atoms with Gasteiger partial charge in [-0.05, 0) is 48.6 Å². The van der Waals surface area contributed by atoms with Gasteiger partial charge < -0.3 is 52.6 Å². The van der Waals surface area contributed by atoms with Crippen LogP contribution >= 0.6 is 0 Å². The average molecular weight is 694 g/mol. The van der Waals surface area contributed by atoms with Crippen LogP contribution < -0.4 is 27.4 Å². The fourth-order valence-corrected chi connectivity index (χ4v) is 5.81. The molecule has 0 bridgehead atoms. The lowest BCUT2D eigenvalue weighted by atomic mass is 10.0. The number of primary amides is 1. The van der Waals surface area contributed by atoms with Crippen LogP contribution in [-0.4, -0.2) is 103 Å². The van der Waals surface area contributed by atoms with E-state index < -0.39 is 84.5 Å². The molecule has 0 spiro atoms. The predicted molar refractivity (Wildman–Crippen MR) is 176 cm³/mol. The Hall–Kier alpha value is -5.97. The highest BCUT2D eigenvalue weighted by atomic mass is 16.4. The molecule has 4 rings (SSSR count). The van der Waals surface area contributed by atoms with Gasteiger partial charge in [0.15, 0.2) is 0 Å². The van der Waals surface area contributed by atoms with Crippen molar-refractivity contribution in [3.8, 4) is 5.75 Å². The van der Waals surface area contributed by atoms with Crippen LogP contribution in [0.1, 0.15) is 36.8 Å². The Labute approximate surface area is 285 Å². The van der Waals surface area contributed by atoms with E-state index in [1.807, 2.05) is 24.3 Å². The standard InChI is InChI=1S/C33H39N7O10/c34-21(13-18-16-36-22-5-2-1-4-20(18)22)29(45)38-24(15-28(43)44)32(48)40-11-3-6-26(40)31(47)37-23(14-27(35)42)30(46)39-25(33(49)50)12-17-7-9-19(41)10-8-17/h1-2,4-5,7-10,16,21,23-26,36,41H,3,6,11-15,34H2,(H2,35,42)(H,37,47)(H,38,45)(H,39,46)(H,43,44)(H,49,50)/t21-,23-,24-,25-,26-/m0/s1. The minimum Gasteiger partial charge on any atom is -0.508 e. The Bertz CT molecular complexity index is 1760. The maximum Gasteiger partial charge on any atom is 0.326 e. The van der Waals surface area contributed by atoms with Gasteiger partial charge in [0, 0.05) is 30.1 Å². The molecule has 0 radical (unpaired) electrons. The zero-order chi connectivity index (χ0) is 36.5. The number of rotatable bonds is 16. The summed E-state index contributed by atoms with van der Waals surface area (Å²) in [6.07, 6.45) is 0.516. The number of benzene rings is 2. The van der Waals surface area contributed by atoms with E-state index in [1.165, 1.54) is 24.3 Å². The van der Waals surface area contributed by atoms with Crippen molar-refractivity contribution in [2.75, 3.05) is 6.54 Å². The first-order chi connectivity index (χ1) is 23.7. The summed E-state index contributed by atoms with van der Waals surface area (Å²) in [5.74, 6) is -7.39. The topological polar surface area (TPSA) is 287 Å². The number of nitrogens with two attached hydrogens (primary N) is 2. The summed E-state index contributed by atoms with van der Waals surface area (Å²) in [6.45, 7) is 0.0186. The fraction of sp³-hybridized carbons (Fsp3) is 0.364. The van der Waals surface area contributed by atoms with E-state index in [4.69, 9.17) is 11.5 Å². The van der Waals surface area contributed by atoms with Gasteiger partial charge in [0.1, 0.15) is 29.9 Å². The van der Waals surface area contributed by atoms with Crippen molar-refractivity contribution in [2.24, 2.45) is 11.5 Å². The van der Waals surface area contributed by atoms with Crippen molar-refractivity contribution in [3.05, 3.63) is 65.9 Å². The molecule has 0 saturated carbocycles. The summed E-state index contributed by atoms with van der Waals surface area (Å²) in [5, 5.41) is 36.6. The van der Waals surface area contributed by atoms with E-state index >= 15 is 0 Å². The first-order valence-corrected chi connectivity index (χ1v) is 15.8. The third-order valence-corrected chi connectivity index (χ3v) is 8.31. The largest absolute Gasteiger partial charge is 0.508 e. The van der Waals surface area contributed by atoms with Crippen LogP contribution in [0.2, 0.25) is 0 Å². The van der Waals surface area contributed by atoms with E-state index in [-0.39, 0.29) is 31.6 Å². The lowest BCUT2D eigenvalue weighted by Crippen LogP contribution is -2.59. The second-order valence-corrected chi connectivity index (χ2v) is 12.0. The highest BCUT2D eigenvalue weighted by Gasteiger charge is 2.40. The van der Waals surface area contributed by atoms with Gasteiger partial charge in [-0.3, -0.25) is 28.8 Å². The number of likely N-dealkylation sites (tertiary alicyclic amines) is 1. The van der Waals surface area contributed by atoms with Crippen molar-refractivity contribution in [1.82, 2.24) is 25.8 Å². The van der Waals surface area contributed by atoms with E-state index in [0.717, 1.165) is 21.4 Å².